The first kappa shape index (κ1) is 15.5. The lowest BCUT2D eigenvalue weighted by atomic mass is 10.3. The predicted octanol–water partition coefficient (Wildman–Crippen LogP) is 0.309. The second kappa shape index (κ2) is 6.28. The van der Waals surface area contributed by atoms with E-state index in [2.05, 4.69) is 15.1 Å². The van der Waals surface area contributed by atoms with Gasteiger partial charge in [-0.1, -0.05) is 0 Å². The summed E-state index contributed by atoms with van der Waals surface area (Å²) in [4.78, 5) is 2.07. The second-order valence-electron chi connectivity index (χ2n) is 5.64. The molecule has 0 aliphatic rings. The molecule has 116 valence electrons. The summed E-state index contributed by atoms with van der Waals surface area (Å²) in [6.45, 7) is 5.56. The number of nitrogen functional groups attached to an aromatic ring is 1. The van der Waals surface area contributed by atoms with Crippen LogP contribution in [0.4, 0.5) is 5.69 Å². The van der Waals surface area contributed by atoms with Gasteiger partial charge in [0.05, 0.1) is 35.9 Å². The fourth-order valence-corrected chi connectivity index (χ4v) is 2.44. The van der Waals surface area contributed by atoms with E-state index in [1.165, 1.54) is 0 Å². The van der Waals surface area contributed by atoms with E-state index in [0.717, 1.165) is 23.5 Å². The molecule has 1 atom stereocenters. The highest BCUT2D eigenvalue weighted by Crippen LogP contribution is 2.15. The molecule has 21 heavy (non-hydrogen) atoms. The summed E-state index contributed by atoms with van der Waals surface area (Å²) in [5, 5.41) is 18.7. The van der Waals surface area contributed by atoms with Crippen LogP contribution in [0.5, 0.6) is 0 Å². The van der Waals surface area contributed by atoms with E-state index in [1.54, 1.807) is 9.36 Å². The molecular formula is C14H24N6O. The molecule has 7 nitrogen and oxygen atoms in total. The molecule has 0 aliphatic carbocycles. The van der Waals surface area contributed by atoms with Crippen molar-refractivity contribution in [3.63, 3.8) is 0 Å². The van der Waals surface area contributed by atoms with E-state index in [9.17, 15) is 5.11 Å². The Bertz CT molecular complexity index is 603. The molecule has 2 heterocycles. The smallest absolute Gasteiger partial charge is 0.0862 e. The quantitative estimate of drug-likeness (QED) is 0.800. The molecule has 2 aromatic rings. The Hall–Kier alpha value is -1.86. The number of aromatic nitrogens is 4. The molecule has 7 heteroatoms. The average Bonchev–Trinajstić information content (AvgIpc) is 2.89. The Kier molecular flexibility index (Phi) is 4.64. The molecule has 0 bridgehead atoms. The number of hydrogen-bond donors (Lipinski definition) is 2. The summed E-state index contributed by atoms with van der Waals surface area (Å²) < 4.78 is 3.55. The van der Waals surface area contributed by atoms with Gasteiger partial charge in [0.1, 0.15) is 0 Å². The van der Waals surface area contributed by atoms with Crippen molar-refractivity contribution in [1.82, 2.24) is 24.5 Å². The van der Waals surface area contributed by atoms with Crippen LogP contribution in [0.2, 0.25) is 0 Å². The van der Waals surface area contributed by atoms with Gasteiger partial charge in [-0.15, -0.1) is 0 Å². The Morgan fingerprint density at radius 2 is 2.14 bits per heavy atom. The van der Waals surface area contributed by atoms with Crippen LogP contribution < -0.4 is 5.73 Å². The van der Waals surface area contributed by atoms with Crippen LogP contribution in [0.3, 0.4) is 0 Å². The van der Waals surface area contributed by atoms with Gasteiger partial charge in [0, 0.05) is 31.9 Å². The maximum atomic E-state index is 10.2. The normalized spacial score (nSPS) is 13.0. The highest BCUT2D eigenvalue weighted by molar-refractivity contribution is 5.46. The third-order valence-electron chi connectivity index (χ3n) is 3.55. The molecule has 0 radical (unpaired) electrons. The van der Waals surface area contributed by atoms with Crippen LogP contribution in [0.15, 0.2) is 12.4 Å². The van der Waals surface area contributed by atoms with Crippen molar-refractivity contribution in [3.05, 3.63) is 29.3 Å². The summed E-state index contributed by atoms with van der Waals surface area (Å²) in [6.07, 6.45) is 3.32. The minimum absolute atomic E-state index is 0.446. The van der Waals surface area contributed by atoms with Gasteiger partial charge in [0.2, 0.25) is 0 Å². The summed E-state index contributed by atoms with van der Waals surface area (Å²) in [5.74, 6) is 0. The highest BCUT2D eigenvalue weighted by Gasteiger charge is 2.14. The zero-order valence-corrected chi connectivity index (χ0v) is 13.1. The third kappa shape index (κ3) is 3.83. The van der Waals surface area contributed by atoms with Gasteiger partial charge >= 0.3 is 0 Å². The Balaban J connectivity index is 1.88. The number of aliphatic hydroxyl groups is 1. The Labute approximate surface area is 125 Å². The van der Waals surface area contributed by atoms with Crippen LogP contribution in [0.1, 0.15) is 17.0 Å². The van der Waals surface area contributed by atoms with E-state index in [0.29, 0.717) is 18.8 Å². The number of likely N-dealkylation sites (N-methyl/N-ethyl adjacent to an activating group) is 1. The number of hydrogen-bond acceptors (Lipinski definition) is 5. The molecule has 0 aliphatic heterocycles. The topological polar surface area (TPSA) is 85.1 Å². The highest BCUT2D eigenvalue weighted by atomic mass is 16.3. The lowest BCUT2D eigenvalue weighted by molar-refractivity contribution is 0.103. The van der Waals surface area contributed by atoms with Crippen molar-refractivity contribution in [3.8, 4) is 0 Å². The maximum Gasteiger partial charge on any atom is 0.0862 e. The summed E-state index contributed by atoms with van der Waals surface area (Å²) in [7, 11) is 3.87. The van der Waals surface area contributed by atoms with E-state index in [4.69, 9.17) is 5.73 Å². The molecule has 0 saturated carbocycles. The van der Waals surface area contributed by atoms with Crippen LogP contribution in [-0.2, 0) is 20.1 Å². The minimum atomic E-state index is -0.496. The van der Waals surface area contributed by atoms with Gasteiger partial charge in [0.15, 0.2) is 0 Å². The van der Waals surface area contributed by atoms with Gasteiger partial charge < -0.3 is 10.8 Å². The molecule has 1 unspecified atom stereocenters. The van der Waals surface area contributed by atoms with Crippen molar-refractivity contribution in [2.45, 2.75) is 33.0 Å². The lowest BCUT2D eigenvalue weighted by Gasteiger charge is -2.20. The summed E-state index contributed by atoms with van der Waals surface area (Å²) >= 11 is 0. The number of rotatable bonds is 6. The number of anilines is 1. The largest absolute Gasteiger partial charge is 0.396 e. The molecule has 0 amide bonds. The van der Waals surface area contributed by atoms with Crippen molar-refractivity contribution in [2.75, 3.05) is 19.3 Å². The zero-order valence-electron chi connectivity index (χ0n) is 13.1. The van der Waals surface area contributed by atoms with Gasteiger partial charge in [-0.25, -0.2) is 0 Å². The summed E-state index contributed by atoms with van der Waals surface area (Å²) in [5.41, 5.74) is 9.44. The van der Waals surface area contributed by atoms with Crippen LogP contribution in [0, 0.1) is 13.8 Å². The standard InChI is InChI=1S/C14H24N6O/c1-10-14(15)11(2)20(17-10)9-13(21)8-18(3)6-12-5-16-19(4)7-12/h5,7,13,21H,6,8-9,15H2,1-4H3. The Morgan fingerprint density at radius 3 is 2.67 bits per heavy atom. The van der Waals surface area contributed by atoms with E-state index in [1.807, 2.05) is 40.3 Å². The number of aliphatic hydroxyl groups excluding tert-OH is 1. The first-order valence-electron chi connectivity index (χ1n) is 7.00. The van der Waals surface area contributed by atoms with E-state index in [-0.39, 0.29) is 0 Å². The van der Waals surface area contributed by atoms with E-state index < -0.39 is 6.10 Å². The number of nitrogens with two attached hydrogens (primary N) is 1. The van der Waals surface area contributed by atoms with E-state index >= 15 is 0 Å². The SMILES string of the molecule is Cc1nn(CC(O)CN(C)Cc2cnn(C)c2)c(C)c1N. The summed E-state index contributed by atoms with van der Waals surface area (Å²) in [6, 6.07) is 0. The van der Waals surface area contributed by atoms with Crippen LogP contribution in [0.25, 0.3) is 0 Å². The van der Waals surface area contributed by atoms with Gasteiger partial charge in [0.25, 0.3) is 0 Å². The van der Waals surface area contributed by atoms with Crippen molar-refractivity contribution >= 4 is 5.69 Å². The minimum Gasteiger partial charge on any atom is -0.396 e. The van der Waals surface area contributed by atoms with Gasteiger partial charge in [-0.2, -0.15) is 10.2 Å². The zero-order chi connectivity index (χ0) is 15.6. The first-order valence-corrected chi connectivity index (χ1v) is 7.00. The molecule has 3 N–H and O–H groups in total. The van der Waals surface area contributed by atoms with Gasteiger partial charge in [-0.3, -0.25) is 14.3 Å². The molecule has 2 rings (SSSR count). The van der Waals surface area contributed by atoms with Crippen molar-refractivity contribution < 1.29 is 5.11 Å². The number of nitrogens with zero attached hydrogens (tertiary/aromatic N) is 5. The van der Waals surface area contributed by atoms with Gasteiger partial charge in [-0.05, 0) is 20.9 Å². The third-order valence-corrected chi connectivity index (χ3v) is 3.55. The molecule has 0 spiro atoms. The molecule has 0 saturated heterocycles. The molecule has 0 aromatic carbocycles. The molecule has 2 aromatic heterocycles. The molecular weight excluding hydrogens is 268 g/mol. The van der Waals surface area contributed by atoms with Crippen LogP contribution in [-0.4, -0.2) is 49.3 Å². The Morgan fingerprint density at radius 1 is 1.43 bits per heavy atom. The molecule has 0 fully saturated rings. The maximum absolute atomic E-state index is 10.2. The number of aryl methyl sites for hydroxylation is 2. The first-order chi connectivity index (χ1) is 9.86. The van der Waals surface area contributed by atoms with Crippen molar-refractivity contribution in [2.24, 2.45) is 7.05 Å². The van der Waals surface area contributed by atoms with Crippen LogP contribution >= 0.6 is 0 Å². The fourth-order valence-electron chi connectivity index (χ4n) is 2.44. The average molecular weight is 292 g/mol. The monoisotopic (exact) mass is 292 g/mol. The fraction of sp³-hybridized carbons (Fsp3) is 0.571. The lowest BCUT2D eigenvalue weighted by Crippen LogP contribution is -2.32. The second-order valence-corrected chi connectivity index (χ2v) is 5.64. The predicted molar refractivity (Wildman–Crippen MR) is 81.7 cm³/mol. The van der Waals surface area contributed by atoms with Crippen molar-refractivity contribution in [1.29, 1.82) is 0 Å².